The number of rotatable bonds is 6. The Morgan fingerprint density at radius 2 is 1.74 bits per heavy atom. The molecule has 5 rings (SSSR count). The lowest BCUT2D eigenvalue weighted by molar-refractivity contribution is -0.128. The van der Waals surface area contributed by atoms with E-state index in [1.54, 1.807) is 12.3 Å². The number of hydrogen-bond donors (Lipinski definition) is 1. The second-order valence-electron chi connectivity index (χ2n) is 8.01. The van der Waals surface area contributed by atoms with Gasteiger partial charge in [-0.25, -0.2) is 0 Å². The Hall–Kier alpha value is -3.72. The van der Waals surface area contributed by atoms with Crippen LogP contribution in [-0.2, 0) is 4.79 Å². The molecule has 8 nitrogen and oxygen atoms in total. The van der Waals surface area contributed by atoms with Crippen molar-refractivity contribution in [3.63, 3.8) is 0 Å². The summed E-state index contributed by atoms with van der Waals surface area (Å²) >= 11 is 1.38. The van der Waals surface area contributed by atoms with Crippen LogP contribution >= 0.6 is 11.8 Å². The van der Waals surface area contributed by atoms with Crippen LogP contribution in [0.15, 0.2) is 76.5 Å². The molecule has 4 aromatic rings. The molecule has 1 N–H and O–H groups in total. The van der Waals surface area contributed by atoms with Crippen LogP contribution in [0.2, 0.25) is 0 Å². The number of piperazine rings is 1. The van der Waals surface area contributed by atoms with E-state index >= 15 is 0 Å². The number of aromatic hydroxyl groups is 1. The SMILES string of the molecule is Cc1occc1-c1nnc(SCC(=O)N2CCN(c3ccccc3O)CC2)n1-c1ccccc1. The molecule has 1 fully saturated rings. The summed E-state index contributed by atoms with van der Waals surface area (Å²) in [5.41, 5.74) is 2.60. The van der Waals surface area contributed by atoms with Crippen LogP contribution in [0.3, 0.4) is 0 Å². The normalized spacial score (nSPS) is 13.9. The van der Waals surface area contributed by atoms with Gasteiger partial charge < -0.3 is 19.3 Å². The van der Waals surface area contributed by atoms with Gasteiger partial charge in [-0.3, -0.25) is 9.36 Å². The van der Waals surface area contributed by atoms with E-state index in [2.05, 4.69) is 15.1 Å². The maximum atomic E-state index is 13.0. The lowest BCUT2D eigenvalue weighted by Gasteiger charge is -2.36. The Labute approximate surface area is 201 Å². The Balaban J connectivity index is 1.28. The van der Waals surface area contributed by atoms with Crippen molar-refractivity contribution in [3.8, 4) is 22.8 Å². The monoisotopic (exact) mass is 475 g/mol. The number of aryl methyl sites for hydroxylation is 1. The lowest BCUT2D eigenvalue weighted by Crippen LogP contribution is -2.49. The van der Waals surface area contributed by atoms with E-state index in [9.17, 15) is 9.90 Å². The highest BCUT2D eigenvalue weighted by Gasteiger charge is 2.24. The van der Waals surface area contributed by atoms with Crippen LogP contribution in [0.4, 0.5) is 5.69 Å². The summed E-state index contributed by atoms with van der Waals surface area (Å²) in [5, 5.41) is 19.6. The molecule has 34 heavy (non-hydrogen) atoms. The van der Waals surface area contributed by atoms with E-state index in [0.29, 0.717) is 37.2 Å². The Bertz CT molecular complexity index is 1280. The molecule has 0 spiro atoms. The highest BCUT2D eigenvalue weighted by molar-refractivity contribution is 7.99. The number of hydrogen-bond acceptors (Lipinski definition) is 7. The molecule has 0 radical (unpaired) electrons. The van der Waals surface area contributed by atoms with Gasteiger partial charge in [-0.2, -0.15) is 0 Å². The highest BCUT2D eigenvalue weighted by Crippen LogP contribution is 2.31. The summed E-state index contributed by atoms with van der Waals surface area (Å²) in [6, 6.07) is 19.1. The molecule has 1 saturated heterocycles. The fourth-order valence-electron chi connectivity index (χ4n) is 4.11. The summed E-state index contributed by atoms with van der Waals surface area (Å²) in [4.78, 5) is 17.0. The lowest BCUT2D eigenvalue weighted by atomic mass is 10.2. The number of furan rings is 1. The minimum atomic E-state index is 0.0607. The van der Waals surface area contributed by atoms with E-state index in [1.807, 2.05) is 71.0 Å². The average molecular weight is 476 g/mol. The van der Waals surface area contributed by atoms with E-state index in [0.717, 1.165) is 22.7 Å². The second-order valence-corrected chi connectivity index (χ2v) is 8.96. The molecule has 9 heteroatoms. The first-order valence-electron chi connectivity index (χ1n) is 11.1. The number of carbonyl (C=O) groups excluding carboxylic acids is 1. The standard InChI is InChI=1S/C25H25N5O3S/c1-18-20(11-16-33-18)24-26-27-25(30(24)19-7-3-2-4-8-19)34-17-23(32)29-14-12-28(13-15-29)21-9-5-6-10-22(21)31/h2-11,16,31H,12-15,17H2,1H3. The fourth-order valence-corrected chi connectivity index (χ4v) is 4.97. The number of benzene rings is 2. The van der Waals surface area contributed by atoms with Crippen molar-refractivity contribution in [2.75, 3.05) is 36.8 Å². The number of amides is 1. The minimum Gasteiger partial charge on any atom is -0.506 e. The van der Waals surface area contributed by atoms with Crippen LogP contribution < -0.4 is 4.90 Å². The van der Waals surface area contributed by atoms with Crippen molar-refractivity contribution in [2.45, 2.75) is 12.1 Å². The molecule has 1 aliphatic heterocycles. The predicted octanol–water partition coefficient (Wildman–Crippen LogP) is 3.98. The van der Waals surface area contributed by atoms with Crippen molar-refractivity contribution in [3.05, 3.63) is 72.7 Å². The smallest absolute Gasteiger partial charge is 0.233 e. The van der Waals surface area contributed by atoms with Crippen LogP contribution in [0.25, 0.3) is 17.1 Å². The minimum absolute atomic E-state index is 0.0607. The number of para-hydroxylation sites is 3. The van der Waals surface area contributed by atoms with Crippen molar-refractivity contribution in [1.29, 1.82) is 0 Å². The first-order valence-corrected chi connectivity index (χ1v) is 12.1. The first kappa shape index (κ1) is 22.1. The zero-order chi connectivity index (χ0) is 23.5. The Morgan fingerprint density at radius 1 is 1.00 bits per heavy atom. The Kier molecular flexibility index (Phi) is 6.27. The fraction of sp³-hybridized carbons (Fsp3) is 0.240. The number of nitrogens with zero attached hydrogens (tertiary/aromatic N) is 5. The van der Waals surface area contributed by atoms with E-state index in [4.69, 9.17) is 4.42 Å². The molecule has 2 aromatic carbocycles. The van der Waals surface area contributed by atoms with Crippen molar-refractivity contribution in [1.82, 2.24) is 19.7 Å². The van der Waals surface area contributed by atoms with Gasteiger partial charge in [-0.1, -0.05) is 42.1 Å². The number of aromatic nitrogens is 3. The zero-order valence-electron chi connectivity index (χ0n) is 18.8. The van der Waals surface area contributed by atoms with Gasteiger partial charge in [0.2, 0.25) is 5.91 Å². The quantitative estimate of drug-likeness (QED) is 0.422. The van der Waals surface area contributed by atoms with E-state index < -0.39 is 0 Å². The largest absolute Gasteiger partial charge is 0.506 e. The molecule has 174 valence electrons. The summed E-state index contributed by atoms with van der Waals surface area (Å²) in [7, 11) is 0. The van der Waals surface area contributed by atoms with Crippen LogP contribution in [0.5, 0.6) is 5.75 Å². The molecule has 0 bridgehead atoms. The number of phenolic OH excluding ortho intramolecular Hbond substituents is 1. The van der Waals surface area contributed by atoms with Gasteiger partial charge in [0.15, 0.2) is 11.0 Å². The van der Waals surface area contributed by atoms with Crippen molar-refractivity contribution >= 4 is 23.4 Å². The molecule has 0 saturated carbocycles. The molecule has 1 amide bonds. The van der Waals surface area contributed by atoms with Crippen molar-refractivity contribution < 1.29 is 14.3 Å². The third-order valence-corrected chi connectivity index (χ3v) is 6.84. The van der Waals surface area contributed by atoms with Crippen LogP contribution in [0.1, 0.15) is 5.76 Å². The van der Waals surface area contributed by atoms with Gasteiger partial charge in [0.05, 0.1) is 23.3 Å². The Morgan fingerprint density at radius 3 is 2.44 bits per heavy atom. The van der Waals surface area contributed by atoms with E-state index in [1.165, 1.54) is 11.8 Å². The maximum Gasteiger partial charge on any atom is 0.233 e. The third-order valence-electron chi connectivity index (χ3n) is 5.93. The molecular weight excluding hydrogens is 450 g/mol. The van der Waals surface area contributed by atoms with Crippen LogP contribution in [0, 0.1) is 6.92 Å². The van der Waals surface area contributed by atoms with Gasteiger partial charge in [0.25, 0.3) is 0 Å². The molecular formula is C25H25N5O3S. The van der Waals surface area contributed by atoms with Crippen molar-refractivity contribution in [2.24, 2.45) is 0 Å². The highest BCUT2D eigenvalue weighted by atomic mass is 32.2. The van der Waals surface area contributed by atoms with E-state index in [-0.39, 0.29) is 17.4 Å². The second kappa shape index (κ2) is 9.64. The van der Waals surface area contributed by atoms with Gasteiger partial charge >= 0.3 is 0 Å². The van der Waals surface area contributed by atoms with Gasteiger partial charge in [-0.15, -0.1) is 10.2 Å². The average Bonchev–Trinajstić information content (AvgIpc) is 3.49. The van der Waals surface area contributed by atoms with Crippen LogP contribution in [-0.4, -0.2) is 62.6 Å². The predicted molar refractivity (Wildman–Crippen MR) is 131 cm³/mol. The molecule has 2 aromatic heterocycles. The maximum absolute atomic E-state index is 13.0. The molecule has 0 aliphatic carbocycles. The number of carbonyl (C=O) groups is 1. The van der Waals surface area contributed by atoms with Gasteiger partial charge in [0.1, 0.15) is 11.5 Å². The summed E-state index contributed by atoms with van der Waals surface area (Å²) < 4.78 is 7.44. The molecule has 3 heterocycles. The topological polar surface area (TPSA) is 87.6 Å². The number of anilines is 1. The number of thioether (sulfide) groups is 1. The summed E-state index contributed by atoms with van der Waals surface area (Å²) in [6.07, 6.45) is 1.64. The third kappa shape index (κ3) is 4.38. The van der Waals surface area contributed by atoms with Gasteiger partial charge in [-0.05, 0) is 37.3 Å². The molecule has 0 unspecified atom stereocenters. The molecule has 1 aliphatic rings. The first-order chi connectivity index (χ1) is 16.6. The van der Waals surface area contributed by atoms with Gasteiger partial charge in [0, 0.05) is 31.9 Å². The molecule has 0 atom stereocenters. The summed E-state index contributed by atoms with van der Waals surface area (Å²) in [5.74, 6) is 2.04. The zero-order valence-corrected chi connectivity index (χ0v) is 19.6. The summed E-state index contributed by atoms with van der Waals surface area (Å²) in [6.45, 7) is 4.47. The number of phenols is 1.